The Morgan fingerprint density at radius 3 is 2.64 bits per heavy atom. The molecule has 1 aromatic heterocycles. The number of halogens is 3. The normalized spacial score (nSPS) is 19.1. The second-order valence-electron chi connectivity index (χ2n) is 5.84. The molecular weight excluding hydrogens is 409 g/mol. The highest BCUT2D eigenvalue weighted by Gasteiger charge is 2.27. The Morgan fingerprint density at radius 1 is 1.24 bits per heavy atom. The van der Waals surface area contributed by atoms with E-state index in [0.29, 0.717) is 29.4 Å². The average Bonchev–Trinajstić information content (AvgIpc) is 2.91. The summed E-state index contributed by atoms with van der Waals surface area (Å²) < 4.78 is 24.1. The molecule has 1 aliphatic heterocycles. The number of rotatable bonds is 4. The first kappa shape index (κ1) is 18.5. The van der Waals surface area contributed by atoms with Crippen molar-refractivity contribution < 1.29 is 8.42 Å². The Morgan fingerprint density at radius 2 is 2.00 bits per heavy atom. The topological polar surface area (TPSA) is 81.1 Å². The number of sulfone groups is 1. The molecule has 1 atom stereocenters. The highest BCUT2D eigenvalue weighted by molar-refractivity contribution is 7.91. The Kier molecular flexibility index (Phi) is 5.29. The van der Waals surface area contributed by atoms with Crippen molar-refractivity contribution in [3.05, 3.63) is 49.8 Å². The summed E-state index contributed by atoms with van der Waals surface area (Å²) in [5.74, 6) is 0.496. The van der Waals surface area contributed by atoms with E-state index in [1.54, 1.807) is 18.2 Å². The molecule has 10 heteroatoms. The van der Waals surface area contributed by atoms with Gasteiger partial charge in [-0.3, -0.25) is 4.79 Å². The van der Waals surface area contributed by atoms with Crippen LogP contribution >= 0.6 is 34.8 Å². The Bertz CT molecular complexity index is 976. The van der Waals surface area contributed by atoms with Gasteiger partial charge in [0, 0.05) is 6.54 Å². The number of benzene rings is 1. The predicted octanol–water partition coefficient (Wildman–Crippen LogP) is 3.04. The minimum Gasteiger partial charge on any atom is -0.384 e. The molecule has 25 heavy (non-hydrogen) atoms. The monoisotopic (exact) mass is 421 g/mol. The Labute approximate surface area is 159 Å². The maximum atomic E-state index is 12.1. The molecule has 0 aliphatic carbocycles. The number of hydrogen-bond donors (Lipinski definition) is 1. The van der Waals surface area contributed by atoms with Crippen molar-refractivity contribution in [1.29, 1.82) is 0 Å². The van der Waals surface area contributed by atoms with Crippen molar-refractivity contribution in [3.8, 4) is 5.69 Å². The van der Waals surface area contributed by atoms with Gasteiger partial charge in [0.25, 0.3) is 5.56 Å². The lowest BCUT2D eigenvalue weighted by molar-refractivity contribution is 0.596. The highest BCUT2D eigenvalue weighted by atomic mass is 35.5. The summed E-state index contributed by atoms with van der Waals surface area (Å²) in [7, 11) is -2.91. The van der Waals surface area contributed by atoms with Gasteiger partial charge in [-0.1, -0.05) is 34.8 Å². The van der Waals surface area contributed by atoms with E-state index in [1.807, 2.05) is 0 Å². The van der Waals surface area contributed by atoms with Crippen LogP contribution < -0.4 is 10.9 Å². The van der Waals surface area contributed by atoms with E-state index in [4.69, 9.17) is 34.8 Å². The molecule has 0 radical (unpaired) electrons. The molecule has 1 aliphatic rings. The average molecular weight is 423 g/mol. The van der Waals surface area contributed by atoms with Crippen LogP contribution in [0, 0.1) is 5.92 Å². The zero-order valence-electron chi connectivity index (χ0n) is 12.9. The van der Waals surface area contributed by atoms with Crippen molar-refractivity contribution in [2.45, 2.75) is 6.42 Å². The van der Waals surface area contributed by atoms with Crippen LogP contribution in [0.25, 0.3) is 5.69 Å². The fraction of sp³-hybridized carbons (Fsp3) is 0.333. The highest BCUT2D eigenvalue weighted by Crippen LogP contribution is 2.26. The summed E-state index contributed by atoms with van der Waals surface area (Å²) in [6.07, 6.45) is 1.93. The van der Waals surface area contributed by atoms with Crippen molar-refractivity contribution in [3.63, 3.8) is 0 Å². The molecule has 0 saturated carbocycles. The van der Waals surface area contributed by atoms with Gasteiger partial charge < -0.3 is 5.32 Å². The fourth-order valence-corrected chi connectivity index (χ4v) is 5.02. The third-order valence-corrected chi connectivity index (χ3v) is 6.88. The van der Waals surface area contributed by atoms with E-state index in [0.717, 1.165) is 4.68 Å². The Balaban J connectivity index is 1.78. The summed E-state index contributed by atoms with van der Waals surface area (Å²) in [4.78, 5) is 12.1. The molecule has 2 heterocycles. The van der Waals surface area contributed by atoms with Crippen molar-refractivity contribution in [2.75, 3.05) is 23.4 Å². The largest absolute Gasteiger partial charge is 0.384 e. The first-order chi connectivity index (χ1) is 11.8. The standard InChI is InChI=1S/C15H14Cl3N3O3S/c16-11-5-10(21-15(22)14(18)12(17)7-20-21)1-2-13(11)19-6-9-3-4-25(23,24)8-9/h1-2,5,7,9,19H,3-4,6,8H2. The van der Waals surface area contributed by atoms with Gasteiger partial charge in [0.15, 0.2) is 9.84 Å². The minimum absolute atomic E-state index is 0.0695. The summed E-state index contributed by atoms with van der Waals surface area (Å²) in [6.45, 7) is 0.517. The molecule has 1 N–H and O–H groups in total. The zero-order valence-corrected chi connectivity index (χ0v) is 16.0. The lowest BCUT2D eigenvalue weighted by Crippen LogP contribution is -2.21. The summed E-state index contributed by atoms with van der Waals surface area (Å²) in [5.41, 5.74) is 0.562. The second-order valence-corrected chi connectivity index (χ2v) is 9.26. The molecule has 6 nitrogen and oxygen atoms in total. The van der Waals surface area contributed by atoms with E-state index >= 15 is 0 Å². The number of hydrogen-bond acceptors (Lipinski definition) is 5. The van der Waals surface area contributed by atoms with Gasteiger partial charge in [-0.2, -0.15) is 9.78 Å². The van der Waals surface area contributed by atoms with Gasteiger partial charge in [0.1, 0.15) is 5.02 Å². The van der Waals surface area contributed by atoms with Crippen LogP contribution in [0.15, 0.2) is 29.2 Å². The van der Waals surface area contributed by atoms with Crippen molar-refractivity contribution >= 4 is 50.3 Å². The lowest BCUT2D eigenvalue weighted by Gasteiger charge is -2.13. The van der Waals surface area contributed by atoms with Crippen molar-refractivity contribution in [1.82, 2.24) is 9.78 Å². The smallest absolute Gasteiger partial charge is 0.291 e. The van der Waals surface area contributed by atoms with Gasteiger partial charge in [-0.05, 0) is 30.5 Å². The van der Waals surface area contributed by atoms with Gasteiger partial charge in [0.2, 0.25) is 0 Å². The molecule has 1 unspecified atom stereocenters. The molecule has 1 aromatic carbocycles. The Hall–Kier alpha value is -1.28. The summed E-state index contributed by atoms with van der Waals surface area (Å²) in [6, 6.07) is 4.95. The van der Waals surface area contributed by atoms with Crippen LogP contribution in [0.2, 0.25) is 15.1 Å². The maximum absolute atomic E-state index is 12.1. The summed E-state index contributed by atoms with van der Waals surface area (Å²) >= 11 is 17.9. The molecule has 1 saturated heterocycles. The molecule has 2 aromatic rings. The third kappa shape index (κ3) is 4.11. The van der Waals surface area contributed by atoms with E-state index < -0.39 is 15.4 Å². The zero-order chi connectivity index (χ0) is 18.2. The van der Waals surface area contributed by atoms with Crippen LogP contribution in [-0.2, 0) is 9.84 Å². The van der Waals surface area contributed by atoms with Crippen molar-refractivity contribution in [2.24, 2.45) is 5.92 Å². The van der Waals surface area contributed by atoms with Gasteiger partial charge >= 0.3 is 0 Å². The van der Waals surface area contributed by atoms with Gasteiger partial charge in [-0.25, -0.2) is 8.42 Å². The maximum Gasteiger partial charge on any atom is 0.291 e. The third-order valence-electron chi connectivity index (χ3n) is 3.98. The lowest BCUT2D eigenvalue weighted by atomic mass is 10.1. The molecule has 0 bridgehead atoms. The quantitative estimate of drug-likeness (QED) is 0.819. The molecule has 0 spiro atoms. The molecule has 1 fully saturated rings. The van der Waals surface area contributed by atoms with Crippen LogP contribution in [-0.4, -0.2) is 36.2 Å². The second kappa shape index (κ2) is 7.15. The molecule has 134 valence electrons. The van der Waals surface area contributed by atoms with Crippen LogP contribution in [0.4, 0.5) is 5.69 Å². The van der Waals surface area contributed by atoms with Crippen LogP contribution in [0.3, 0.4) is 0 Å². The van der Waals surface area contributed by atoms with E-state index in [-0.39, 0.29) is 27.5 Å². The van der Waals surface area contributed by atoms with E-state index in [2.05, 4.69) is 10.4 Å². The van der Waals surface area contributed by atoms with Gasteiger partial charge in [0.05, 0.1) is 39.1 Å². The molecule has 3 rings (SSSR count). The minimum atomic E-state index is -2.91. The number of nitrogens with zero attached hydrogens (tertiary/aromatic N) is 2. The first-order valence-corrected chi connectivity index (χ1v) is 10.4. The first-order valence-electron chi connectivity index (χ1n) is 7.44. The van der Waals surface area contributed by atoms with E-state index in [9.17, 15) is 13.2 Å². The van der Waals surface area contributed by atoms with Crippen LogP contribution in [0.5, 0.6) is 0 Å². The molecular formula is C15H14Cl3N3O3S. The molecule has 0 amide bonds. The number of aromatic nitrogens is 2. The number of anilines is 1. The predicted molar refractivity (Wildman–Crippen MR) is 100 cm³/mol. The SMILES string of the molecule is O=c1c(Cl)c(Cl)cnn1-c1ccc(NCC2CCS(=O)(=O)C2)c(Cl)c1. The summed E-state index contributed by atoms with van der Waals surface area (Å²) in [5, 5.41) is 7.46. The number of nitrogens with one attached hydrogen (secondary N) is 1. The van der Waals surface area contributed by atoms with E-state index in [1.165, 1.54) is 6.20 Å². The fourth-order valence-electron chi connectivity index (χ4n) is 2.66. The van der Waals surface area contributed by atoms with Gasteiger partial charge in [-0.15, -0.1) is 0 Å². The van der Waals surface area contributed by atoms with Crippen LogP contribution in [0.1, 0.15) is 6.42 Å².